The summed E-state index contributed by atoms with van der Waals surface area (Å²) in [5, 5.41) is 23.1. The van der Waals surface area contributed by atoms with Gasteiger partial charge in [-0.2, -0.15) is 0 Å². The summed E-state index contributed by atoms with van der Waals surface area (Å²) in [5.74, 6) is -0.0612. The number of hydrogen-bond donors (Lipinski definition) is 3. The average molecular weight is 732 g/mol. The number of nitrogens with one attached hydrogen (secondary N) is 1. The molecule has 0 aromatic carbocycles. The van der Waals surface area contributed by atoms with Crippen molar-refractivity contribution >= 4 is 5.91 Å². The minimum Gasteiger partial charge on any atom is -0.394 e. The third kappa shape index (κ3) is 40.1. The van der Waals surface area contributed by atoms with Gasteiger partial charge in [0.05, 0.1) is 18.8 Å². The first-order chi connectivity index (χ1) is 25.7. The van der Waals surface area contributed by atoms with E-state index >= 15 is 0 Å². The first-order valence-corrected chi connectivity index (χ1v) is 23.6. The summed E-state index contributed by atoms with van der Waals surface area (Å²) < 4.78 is 0. The molecule has 0 aromatic heterocycles. The molecule has 308 valence electrons. The molecular weight excluding hydrogens is 639 g/mol. The highest BCUT2D eigenvalue weighted by molar-refractivity contribution is 5.76. The Labute approximate surface area is 326 Å². The quantitative estimate of drug-likeness (QED) is 0.0432. The zero-order valence-electron chi connectivity index (χ0n) is 35.3. The minimum absolute atomic E-state index is 0.0612. The van der Waals surface area contributed by atoms with Gasteiger partial charge in [-0.3, -0.25) is 4.79 Å². The number of rotatable bonds is 43. The Kier molecular flexibility index (Phi) is 43.3. The Balaban J connectivity index is 3.51. The van der Waals surface area contributed by atoms with E-state index in [1.54, 1.807) is 6.08 Å². The van der Waals surface area contributed by atoms with Crippen LogP contribution in [-0.2, 0) is 4.79 Å². The summed E-state index contributed by atoms with van der Waals surface area (Å²) in [4.78, 5) is 12.4. The van der Waals surface area contributed by atoms with E-state index in [0.29, 0.717) is 6.42 Å². The van der Waals surface area contributed by atoms with Crippen LogP contribution in [0.15, 0.2) is 24.3 Å². The molecule has 1 amide bonds. The lowest BCUT2D eigenvalue weighted by Crippen LogP contribution is -2.45. The average Bonchev–Trinajstić information content (AvgIpc) is 3.15. The van der Waals surface area contributed by atoms with Crippen LogP contribution in [0.1, 0.15) is 258 Å². The summed E-state index contributed by atoms with van der Waals surface area (Å²) in [6.45, 7) is 4.32. The third-order valence-electron chi connectivity index (χ3n) is 10.9. The molecular formula is C48H93NO3. The molecule has 0 unspecified atom stereocenters. The smallest absolute Gasteiger partial charge is 0.220 e. The lowest BCUT2D eigenvalue weighted by molar-refractivity contribution is -0.123. The van der Waals surface area contributed by atoms with E-state index in [2.05, 4.69) is 31.3 Å². The zero-order chi connectivity index (χ0) is 37.8. The standard InChI is InChI=1S/C48H93NO3/c1-3-5-7-9-11-13-15-17-19-21-22-23-24-25-26-28-30-32-34-36-38-40-42-44-48(52)49-46(45-50)47(51)43-41-39-37-35-33-31-29-27-20-18-16-14-12-10-8-6-4-2/h17,19,41,43,46-47,50-51H,3-16,18,20-40,42,44-45H2,1-2H3,(H,49,52)/b19-17+,43-41+/t46-,47+/m0/s1. The second-order valence-electron chi connectivity index (χ2n) is 16.2. The fourth-order valence-electron chi connectivity index (χ4n) is 7.29. The lowest BCUT2D eigenvalue weighted by atomic mass is 10.0. The first-order valence-electron chi connectivity index (χ1n) is 23.6. The first kappa shape index (κ1) is 50.9. The highest BCUT2D eigenvalue weighted by atomic mass is 16.3. The molecule has 4 heteroatoms. The Morgan fingerprint density at radius 2 is 0.731 bits per heavy atom. The van der Waals surface area contributed by atoms with Crippen LogP contribution in [0, 0.1) is 0 Å². The summed E-state index contributed by atoms with van der Waals surface area (Å²) in [6.07, 6.45) is 57.2. The van der Waals surface area contributed by atoms with E-state index in [-0.39, 0.29) is 12.5 Å². The van der Waals surface area contributed by atoms with Crippen LogP contribution < -0.4 is 5.32 Å². The molecule has 2 atom stereocenters. The highest BCUT2D eigenvalue weighted by Crippen LogP contribution is 2.16. The third-order valence-corrected chi connectivity index (χ3v) is 10.9. The molecule has 0 aromatic rings. The van der Waals surface area contributed by atoms with Crippen molar-refractivity contribution in [3.05, 3.63) is 24.3 Å². The van der Waals surface area contributed by atoms with Crippen molar-refractivity contribution in [1.82, 2.24) is 5.32 Å². The number of aliphatic hydroxyl groups excluding tert-OH is 2. The van der Waals surface area contributed by atoms with Gasteiger partial charge in [-0.1, -0.05) is 231 Å². The van der Waals surface area contributed by atoms with Crippen molar-refractivity contribution in [2.45, 2.75) is 270 Å². The molecule has 0 saturated heterocycles. The number of hydrogen-bond acceptors (Lipinski definition) is 3. The summed E-state index contributed by atoms with van der Waals surface area (Å²) in [5.41, 5.74) is 0. The number of carbonyl (C=O) groups is 1. The van der Waals surface area contributed by atoms with Crippen LogP contribution in [-0.4, -0.2) is 34.9 Å². The lowest BCUT2D eigenvalue weighted by Gasteiger charge is -2.20. The van der Waals surface area contributed by atoms with Gasteiger partial charge in [-0.15, -0.1) is 0 Å². The van der Waals surface area contributed by atoms with E-state index in [4.69, 9.17) is 0 Å². The Bertz CT molecular complexity index is 750. The number of amides is 1. The molecule has 0 aliphatic heterocycles. The van der Waals surface area contributed by atoms with Crippen molar-refractivity contribution in [3.63, 3.8) is 0 Å². The maximum Gasteiger partial charge on any atom is 0.220 e. The summed E-state index contributed by atoms with van der Waals surface area (Å²) >= 11 is 0. The van der Waals surface area contributed by atoms with E-state index in [0.717, 1.165) is 25.7 Å². The van der Waals surface area contributed by atoms with Crippen LogP contribution in [0.5, 0.6) is 0 Å². The van der Waals surface area contributed by atoms with Gasteiger partial charge in [0.25, 0.3) is 0 Å². The van der Waals surface area contributed by atoms with Gasteiger partial charge in [0.1, 0.15) is 0 Å². The van der Waals surface area contributed by atoms with Gasteiger partial charge in [-0.05, 0) is 44.9 Å². The largest absolute Gasteiger partial charge is 0.394 e. The van der Waals surface area contributed by atoms with Gasteiger partial charge in [-0.25, -0.2) is 0 Å². The van der Waals surface area contributed by atoms with Gasteiger partial charge in [0.2, 0.25) is 5.91 Å². The van der Waals surface area contributed by atoms with Crippen LogP contribution >= 0.6 is 0 Å². The number of unbranched alkanes of at least 4 members (excludes halogenated alkanes) is 34. The monoisotopic (exact) mass is 732 g/mol. The summed E-state index contributed by atoms with van der Waals surface area (Å²) in [6, 6.07) is -0.619. The SMILES string of the molecule is CCCCCCCC/C=C/CCCCCCCCCCCCCCCC(=O)N[C@@H](CO)[C@H](O)/C=C/CCCCCCCCCCCCCCCCC. The molecule has 0 saturated carbocycles. The van der Waals surface area contributed by atoms with Crippen LogP contribution in [0.25, 0.3) is 0 Å². The van der Waals surface area contributed by atoms with Crippen molar-refractivity contribution in [1.29, 1.82) is 0 Å². The van der Waals surface area contributed by atoms with Crippen LogP contribution in [0.3, 0.4) is 0 Å². The van der Waals surface area contributed by atoms with Crippen molar-refractivity contribution in [3.8, 4) is 0 Å². The molecule has 3 N–H and O–H groups in total. The second kappa shape index (κ2) is 44.3. The highest BCUT2D eigenvalue weighted by Gasteiger charge is 2.17. The molecule has 0 radical (unpaired) electrons. The van der Waals surface area contributed by atoms with Crippen LogP contribution in [0.4, 0.5) is 0 Å². The molecule has 0 heterocycles. The van der Waals surface area contributed by atoms with Gasteiger partial charge in [0.15, 0.2) is 0 Å². The van der Waals surface area contributed by atoms with Gasteiger partial charge in [0, 0.05) is 6.42 Å². The maximum atomic E-state index is 12.4. The van der Waals surface area contributed by atoms with Crippen LogP contribution in [0.2, 0.25) is 0 Å². The number of allylic oxidation sites excluding steroid dienone is 3. The van der Waals surface area contributed by atoms with E-state index in [1.165, 1.54) is 212 Å². The van der Waals surface area contributed by atoms with E-state index in [9.17, 15) is 15.0 Å². The second-order valence-corrected chi connectivity index (χ2v) is 16.2. The van der Waals surface area contributed by atoms with Crippen molar-refractivity contribution in [2.75, 3.05) is 6.61 Å². The fraction of sp³-hybridized carbons (Fsp3) is 0.896. The predicted octanol–water partition coefficient (Wildman–Crippen LogP) is 14.8. The molecule has 0 spiro atoms. The molecule has 52 heavy (non-hydrogen) atoms. The van der Waals surface area contributed by atoms with E-state index < -0.39 is 12.1 Å². The van der Waals surface area contributed by atoms with Crippen molar-refractivity contribution in [2.24, 2.45) is 0 Å². The number of aliphatic hydroxyl groups is 2. The van der Waals surface area contributed by atoms with Gasteiger partial charge < -0.3 is 15.5 Å². The molecule has 0 fully saturated rings. The molecule has 0 aliphatic carbocycles. The molecule has 0 bridgehead atoms. The van der Waals surface area contributed by atoms with E-state index in [1.807, 2.05) is 6.08 Å². The Morgan fingerprint density at radius 1 is 0.442 bits per heavy atom. The topological polar surface area (TPSA) is 69.6 Å². The fourth-order valence-corrected chi connectivity index (χ4v) is 7.29. The molecule has 0 aliphatic rings. The normalized spacial score (nSPS) is 13.1. The Morgan fingerprint density at radius 3 is 1.06 bits per heavy atom. The predicted molar refractivity (Wildman–Crippen MR) is 230 cm³/mol. The summed E-state index contributed by atoms with van der Waals surface area (Å²) in [7, 11) is 0. The minimum atomic E-state index is -0.836. The molecule has 4 nitrogen and oxygen atoms in total. The van der Waals surface area contributed by atoms with Gasteiger partial charge >= 0.3 is 0 Å². The molecule has 0 rings (SSSR count). The zero-order valence-corrected chi connectivity index (χ0v) is 35.3. The number of carbonyl (C=O) groups excluding carboxylic acids is 1. The van der Waals surface area contributed by atoms with Crippen molar-refractivity contribution < 1.29 is 15.0 Å². The maximum absolute atomic E-state index is 12.4. The Hall–Kier alpha value is -1.13.